The van der Waals surface area contributed by atoms with Gasteiger partial charge in [-0.05, 0) is 56.5 Å². The first kappa shape index (κ1) is 25.0. The molecule has 0 saturated heterocycles. The van der Waals surface area contributed by atoms with Crippen molar-refractivity contribution in [3.63, 3.8) is 0 Å². The van der Waals surface area contributed by atoms with E-state index in [0.717, 1.165) is 42.6 Å². The van der Waals surface area contributed by atoms with Gasteiger partial charge in [-0.1, -0.05) is 30.7 Å². The summed E-state index contributed by atoms with van der Waals surface area (Å²) in [5.74, 6) is -0.252. The summed E-state index contributed by atoms with van der Waals surface area (Å²) >= 11 is 0. The quantitative estimate of drug-likeness (QED) is 0.392. The second-order valence-electron chi connectivity index (χ2n) is 8.03. The predicted octanol–water partition coefficient (Wildman–Crippen LogP) is 4.22. The highest BCUT2D eigenvalue weighted by atomic mass is 19.1. The third kappa shape index (κ3) is 7.16. The van der Waals surface area contributed by atoms with E-state index in [9.17, 15) is 14.0 Å². The van der Waals surface area contributed by atoms with Crippen molar-refractivity contribution >= 4 is 11.8 Å². The molecular formula is C26H31FN4O3. The summed E-state index contributed by atoms with van der Waals surface area (Å²) in [4.78, 5) is 26.4. The summed E-state index contributed by atoms with van der Waals surface area (Å²) in [6.45, 7) is 2.86. The number of hydrogen-bond donors (Lipinski definition) is 2. The number of benzene rings is 2. The highest BCUT2D eigenvalue weighted by Crippen LogP contribution is 2.20. The molecule has 7 nitrogen and oxygen atoms in total. The van der Waals surface area contributed by atoms with E-state index in [1.54, 1.807) is 42.3 Å². The number of rotatable bonds is 12. The number of carbonyl (C=O) groups excluding carboxylic acids is 2. The first-order chi connectivity index (χ1) is 16.5. The lowest BCUT2D eigenvalue weighted by atomic mass is 10.1. The van der Waals surface area contributed by atoms with Gasteiger partial charge in [-0.2, -0.15) is 5.10 Å². The van der Waals surface area contributed by atoms with Crippen LogP contribution in [-0.2, 0) is 11.2 Å². The van der Waals surface area contributed by atoms with Crippen LogP contribution in [0.1, 0.15) is 42.2 Å². The van der Waals surface area contributed by atoms with Crippen LogP contribution >= 0.6 is 0 Å². The van der Waals surface area contributed by atoms with Gasteiger partial charge in [0.25, 0.3) is 5.91 Å². The van der Waals surface area contributed by atoms with Gasteiger partial charge >= 0.3 is 0 Å². The van der Waals surface area contributed by atoms with Crippen molar-refractivity contribution in [2.45, 2.75) is 32.6 Å². The molecule has 0 spiro atoms. The lowest BCUT2D eigenvalue weighted by Gasteiger charge is -2.17. The SMILES string of the molecule is CCOc1ccccc1C(=O)NCC(=O)N(C)CCCCCc1cc(-c2cccc(F)c2)n[nH]1. The second-order valence-corrected chi connectivity index (χ2v) is 8.03. The van der Waals surface area contributed by atoms with Crippen LogP contribution < -0.4 is 10.1 Å². The normalized spacial score (nSPS) is 10.7. The molecule has 34 heavy (non-hydrogen) atoms. The number of aromatic amines is 1. The van der Waals surface area contributed by atoms with Gasteiger partial charge in [0.1, 0.15) is 11.6 Å². The Morgan fingerprint density at radius 3 is 2.71 bits per heavy atom. The van der Waals surface area contributed by atoms with Crippen molar-refractivity contribution in [3.8, 4) is 17.0 Å². The number of aryl methyl sites for hydroxylation is 1. The smallest absolute Gasteiger partial charge is 0.255 e. The summed E-state index contributed by atoms with van der Waals surface area (Å²) in [5, 5.41) is 9.95. The van der Waals surface area contributed by atoms with E-state index in [1.807, 2.05) is 19.1 Å². The number of H-pyrrole nitrogens is 1. The van der Waals surface area contributed by atoms with Crippen LogP contribution in [0.2, 0.25) is 0 Å². The van der Waals surface area contributed by atoms with Crippen LogP contribution in [-0.4, -0.2) is 53.7 Å². The van der Waals surface area contributed by atoms with Gasteiger partial charge in [0.05, 0.1) is 24.4 Å². The van der Waals surface area contributed by atoms with Gasteiger partial charge in [-0.3, -0.25) is 14.7 Å². The van der Waals surface area contributed by atoms with E-state index < -0.39 is 0 Å². The number of amides is 2. The van der Waals surface area contributed by atoms with Crippen LogP contribution in [0, 0.1) is 5.82 Å². The van der Waals surface area contributed by atoms with Crippen LogP contribution in [0.4, 0.5) is 4.39 Å². The Hall–Kier alpha value is -3.68. The van der Waals surface area contributed by atoms with Crippen molar-refractivity contribution in [3.05, 3.63) is 71.7 Å². The van der Waals surface area contributed by atoms with Gasteiger partial charge in [0, 0.05) is 24.8 Å². The molecule has 0 fully saturated rings. The van der Waals surface area contributed by atoms with Gasteiger partial charge in [0.15, 0.2) is 0 Å². The number of carbonyl (C=O) groups is 2. The molecule has 2 N–H and O–H groups in total. The molecule has 1 heterocycles. The van der Waals surface area contributed by atoms with E-state index in [4.69, 9.17) is 4.74 Å². The number of aromatic nitrogens is 2. The molecule has 0 aliphatic heterocycles. The van der Waals surface area contributed by atoms with Crippen molar-refractivity contribution in [1.29, 1.82) is 0 Å². The number of nitrogens with zero attached hydrogens (tertiary/aromatic N) is 2. The Labute approximate surface area is 199 Å². The maximum Gasteiger partial charge on any atom is 0.255 e. The molecule has 0 unspecified atom stereocenters. The lowest BCUT2D eigenvalue weighted by Crippen LogP contribution is -2.38. The Morgan fingerprint density at radius 1 is 1.09 bits per heavy atom. The maximum atomic E-state index is 13.4. The molecule has 3 rings (SSSR count). The molecule has 3 aromatic rings. The molecule has 180 valence electrons. The average Bonchev–Trinajstić information content (AvgIpc) is 3.31. The Balaban J connectivity index is 1.35. The fourth-order valence-corrected chi connectivity index (χ4v) is 3.57. The monoisotopic (exact) mass is 466 g/mol. The number of hydrogen-bond acceptors (Lipinski definition) is 4. The van der Waals surface area contributed by atoms with E-state index in [2.05, 4.69) is 15.5 Å². The molecule has 0 bridgehead atoms. The average molecular weight is 467 g/mol. The summed E-state index contributed by atoms with van der Waals surface area (Å²) in [7, 11) is 1.74. The van der Waals surface area contributed by atoms with Gasteiger partial charge < -0.3 is 15.0 Å². The van der Waals surface area contributed by atoms with E-state index in [0.29, 0.717) is 24.5 Å². The highest BCUT2D eigenvalue weighted by molar-refractivity contribution is 5.98. The number of nitrogens with one attached hydrogen (secondary N) is 2. The largest absolute Gasteiger partial charge is 0.493 e. The van der Waals surface area contributed by atoms with Crippen LogP contribution in [0.5, 0.6) is 5.75 Å². The number of para-hydroxylation sites is 1. The van der Waals surface area contributed by atoms with Crippen LogP contribution in [0.3, 0.4) is 0 Å². The van der Waals surface area contributed by atoms with E-state index in [-0.39, 0.29) is 24.2 Å². The zero-order valence-electron chi connectivity index (χ0n) is 19.6. The predicted molar refractivity (Wildman–Crippen MR) is 129 cm³/mol. The summed E-state index contributed by atoms with van der Waals surface area (Å²) in [6.07, 6.45) is 3.57. The van der Waals surface area contributed by atoms with Gasteiger partial charge in [0.2, 0.25) is 5.91 Å². The van der Waals surface area contributed by atoms with Crippen LogP contribution in [0.15, 0.2) is 54.6 Å². The van der Waals surface area contributed by atoms with Crippen molar-refractivity contribution < 1.29 is 18.7 Å². The highest BCUT2D eigenvalue weighted by Gasteiger charge is 2.15. The van der Waals surface area contributed by atoms with Gasteiger partial charge in [-0.25, -0.2) is 4.39 Å². The molecular weight excluding hydrogens is 435 g/mol. The fourth-order valence-electron chi connectivity index (χ4n) is 3.57. The molecule has 1 aromatic heterocycles. The minimum absolute atomic E-state index is 0.0627. The van der Waals surface area contributed by atoms with E-state index in [1.165, 1.54) is 12.1 Å². The summed E-state index contributed by atoms with van der Waals surface area (Å²) in [6, 6.07) is 15.3. The number of halogens is 1. The van der Waals surface area contributed by atoms with Crippen molar-refractivity contribution in [2.24, 2.45) is 0 Å². The summed E-state index contributed by atoms with van der Waals surface area (Å²) in [5.41, 5.74) is 2.89. The first-order valence-electron chi connectivity index (χ1n) is 11.5. The Bertz CT molecular complexity index is 1100. The second kappa shape index (κ2) is 12.5. The Kier molecular flexibility index (Phi) is 9.20. The van der Waals surface area contributed by atoms with Crippen molar-refractivity contribution in [1.82, 2.24) is 20.4 Å². The maximum absolute atomic E-state index is 13.4. The standard InChI is InChI=1S/C26H31FN4O3/c1-3-34-24-14-7-6-13-22(24)26(33)28-18-25(32)31(2)15-8-4-5-12-21-17-23(30-29-21)19-10-9-11-20(27)16-19/h6-7,9-11,13-14,16-17H,3-5,8,12,15,18H2,1-2H3,(H,28,33)(H,29,30). The Morgan fingerprint density at radius 2 is 1.91 bits per heavy atom. The molecule has 0 aliphatic rings. The minimum Gasteiger partial charge on any atom is -0.493 e. The topological polar surface area (TPSA) is 87.3 Å². The first-order valence-corrected chi connectivity index (χ1v) is 11.5. The molecule has 0 radical (unpaired) electrons. The molecule has 0 atom stereocenters. The zero-order valence-corrected chi connectivity index (χ0v) is 19.6. The minimum atomic E-state index is -0.331. The van der Waals surface area contributed by atoms with E-state index >= 15 is 0 Å². The summed E-state index contributed by atoms with van der Waals surface area (Å²) < 4.78 is 18.9. The lowest BCUT2D eigenvalue weighted by molar-refractivity contribution is -0.128. The number of unbranched alkanes of at least 4 members (excludes halogenated alkanes) is 2. The number of ether oxygens (including phenoxy) is 1. The molecule has 0 saturated carbocycles. The van der Waals surface area contributed by atoms with Crippen molar-refractivity contribution in [2.75, 3.05) is 26.7 Å². The van der Waals surface area contributed by atoms with Crippen LogP contribution in [0.25, 0.3) is 11.3 Å². The molecule has 8 heteroatoms. The van der Waals surface area contributed by atoms with Gasteiger partial charge in [-0.15, -0.1) is 0 Å². The number of likely N-dealkylation sites (N-methyl/N-ethyl adjacent to an activating group) is 1. The fraction of sp³-hybridized carbons (Fsp3) is 0.346. The zero-order chi connectivity index (χ0) is 24.3. The third-order valence-electron chi connectivity index (χ3n) is 5.45. The molecule has 0 aliphatic carbocycles. The molecule has 2 amide bonds. The molecule has 2 aromatic carbocycles. The third-order valence-corrected chi connectivity index (χ3v) is 5.45.